The number of hydrogen-bond acceptors (Lipinski definition) is 3. The number of hydrogen-bond donors (Lipinski definition) is 1. The summed E-state index contributed by atoms with van der Waals surface area (Å²) in [6, 6.07) is 0. The molecular weight excluding hydrogens is 194 g/mol. The van der Waals surface area contributed by atoms with Crippen LogP contribution in [0.3, 0.4) is 0 Å². The van der Waals surface area contributed by atoms with Crippen LogP contribution in [0.5, 0.6) is 0 Å². The number of carbonyl (C=O) groups is 1. The van der Waals surface area contributed by atoms with E-state index in [-0.39, 0.29) is 11.4 Å². The number of esters is 1. The molecule has 1 aliphatic heterocycles. The number of morpholine rings is 1. The molecule has 0 saturated carbocycles. The van der Waals surface area contributed by atoms with Crippen LogP contribution in [-0.2, 0) is 14.3 Å². The standard InChI is InChI=1S/C11H21NO3/c1-11(2,3)10(13)15-9-6-12-4-7-14-8-5-12/h4-9H2,1-3H3/p+1. The molecule has 15 heavy (non-hydrogen) atoms. The lowest BCUT2D eigenvalue weighted by Crippen LogP contribution is -3.14. The monoisotopic (exact) mass is 216 g/mol. The molecule has 0 aromatic carbocycles. The zero-order valence-corrected chi connectivity index (χ0v) is 9.97. The van der Waals surface area contributed by atoms with E-state index in [2.05, 4.69) is 0 Å². The Morgan fingerprint density at radius 3 is 2.47 bits per heavy atom. The molecule has 0 unspecified atom stereocenters. The van der Waals surface area contributed by atoms with Gasteiger partial charge in [0.1, 0.15) is 26.2 Å². The van der Waals surface area contributed by atoms with Gasteiger partial charge in [0.15, 0.2) is 0 Å². The summed E-state index contributed by atoms with van der Waals surface area (Å²) < 4.78 is 10.5. The Morgan fingerprint density at radius 1 is 1.33 bits per heavy atom. The molecule has 1 rings (SSSR count). The van der Waals surface area contributed by atoms with Crippen LogP contribution in [0.25, 0.3) is 0 Å². The van der Waals surface area contributed by atoms with Gasteiger partial charge < -0.3 is 14.4 Å². The first-order valence-electron chi connectivity index (χ1n) is 5.58. The summed E-state index contributed by atoms with van der Waals surface area (Å²) in [5.41, 5.74) is -0.389. The van der Waals surface area contributed by atoms with Crippen molar-refractivity contribution >= 4 is 5.97 Å². The van der Waals surface area contributed by atoms with Gasteiger partial charge in [-0.25, -0.2) is 0 Å². The third kappa shape index (κ3) is 4.62. The van der Waals surface area contributed by atoms with E-state index in [9.17, 15) is 4.79 Å². The Balaban J connectivity index is 2.12. The molecule has 0 amide bonds. The Labute approximate surface area is 91.5 Å². The third-order valence-corrected chi connectivity index (χ3v) is 2.50. The minimum atomic E-state index is -0.389. The number of ether oxygens (including phenoxy) is 2. The molecule has 1 N–H and O–H groups in total. The van der Waals surface area contributed by atoms with Gasteiger partial charge in [0.2, 0.25) is 0 Å². The van der Waals surface area contributed by atoms with Gasteiger partial charge in [-0.1, -0.05) is 0 Å². The molecule has 0 atom stereocenters. The minimum Gasteiger partial charge on any atom is -0.459 e. The second-order valence-corrected chi connectivity index (χ2v) is 5.00. The van der Waals surface area contributed by atoms with Crippen LogP contribution >= 0.6 is 0 Å². The molecule has 4 nitrogen and oxygen atoms in total. The average Bonchev–Trinajstić information content (AvgIpc) is 2.18. The fraction of sp³-hybridized carbons (Fsp3) is 0.909. The molecule has 1 aliphatic rings. The van der Waals surface area contributed by atoms with Crippen LogP contribution in [-0.4, -0.2) is 45.4 Å². The van der Waals surface area contributed by atoms with E-state index in [4.69, 9.17) is 9.47 Å². The van der Waals surface area contributed by atoms with Crippen molar-refractivity contribution in [2.24, 2.45) is 5.41 Å². The van der Waals surface area contributed by atoms with E-state index in [0.717, 1.165) is 32.8 Å². The Bertz CT molecular complexity index is 204. The maximum Gasteiger partial charge on any atom is 0.311 e. The summed E-state index contributed by atoms with van der Waals surface area (Å²) >= 11 is 0. The Morgan fingerprint density at radius 2 is 1.93 bits per heavy atom. The zero-order valence-electron chi connectivity index (χ0n) is 9.97. The molecule has 1 fully saturated rings. The molecule has 0 aromatic rings. The van der Waals surface area contributed by atoms with Gasteiger partial charge >= 0.3 is 5.97 Å². The van der Waals surface area contributed by atoms with Crippen molar-refractivity contribution in [3.63, 3.8) is 0 Å². The zero-order chi connectivity index (χ0) is 11.3. The molecular formula is C11H22NO3+. The molecule has 0 aliphatic carbocycles. The van der Waals surface area contributed by atoms with Gasteiger partial charge in [-0.3, -0.25) is 4.79 Å². The van der Waals surface area contributed by atoms with Crippen LogP contribution < -0.4 is 4.90 Å². The van der Waals surface area contributed by atoms with Crippen LogP contribution in [0, 0.1) is 5.41 Å². The number of rotatable bonds is 3. The van der Waals surface area contributed by atoms with E-state index >= 15 is 0 Å². The van der Waals surface area contributed by atoms with E-state index < -0.39 is 0 Å². The molecule has 0 spiro atoms. The topological polar surface area (TPSA) is 40.0 Å². The van der Waals surface area contributed by atoms with Crippen LogP contribution in [0.2, 0.25) is 0 Å². The summed E-state index contributed by atoms with van der Waals surface area (Å²) in [7, 11) is 0. The van der Waals surface area contributed by atoms with Crippen molar-refractivity contribution in [2.45, 2.75) is 20.8 Å². The highest BCUT2D eigenvalue weighted by Crippen LogP contribution is 2.14. The fourth-order valence-corrected chi connectivity index (χ4v) is 1.41. The Kier molecular flexibility index (Phi) is 4.54. The summed E-state index contributed by atoms with van der Waals surface area (Å²) in [6.45, 7) is 10.7. The highest BCUT2D eigenvalue weighted by molar-refractivity contribution is 5.75. The lowest BCUT2D eigenvalue weighted by Gasteiger charge is -2.24. The van der Waals surface area contributed by atoms with E-state index in [1.807, 2.05) is 20.8 Å². The predicted octanol–water partition coefficient (Wildman–Crippen LogP) is -0.509. The second-order valence-electron chi connectivity index (χ2n) is 5.00. The van der Waals surface area contributed by atoms with Crippen molar-refractivity contribution in [3.05, 3.63) is 0 Å². The highest BCUT2D eigenvalue weighted by Gasteiger charge is 2.23. The fourth-order valence-electron chi connectivity index (χ4n) is 1.41. The van der Waals surface area contributed by atoms with Crippen LogP contribution in [0.15, 0.2) is 0 Å². The largest absolute Gasteiger partial charge is 0.459 e. The van der Waals surface area contributed by atoms with Crippen molar-refractivity contribution in [1.29, 1.82) is 0 Å². The molecule has 1 heterocycles. The number of nitrogens with one attached hydrogen (secondary N) is 1. The van der Waals surface area contributed by atoms with Crippen molar-refractivity contribution < 1.29 is 19.2 Å². The lowest BCUT2D eigenvalue weighted by molar-refractivity contribution is -0.908. The number of carbonyl (C=O) groups excluding carboxylic acids is 1. The first-order valence-corrected chi connectivity index (χ1v) is 5.58. The van der Waals surface area contributed by atoms with Gasteiger partial charge in [0, 0.05) is 0 Å². The number of quaternary nitrogens is 1. The van der Waals surface area contributed by atoms with Crippen LogP contribution in [0.1, 0.15) is 20.8 Å². The predicted molar refractivity (Wildman–Crippen MR) is 56.8 cm³/mol. The van der Waals surface area contributed by atoms with Crippen molar-refractivity contribution in [1.82, 2.24) is 0 Å². The third-order valence-electron chi connectivity index (χ3n) is 2.50. The molecule has 0 aromatic heterocycles. The summed E-state index contributed by atoms with van der Waals surface area (Å²) in [6.07, 6.45) is 0. The molecule has 88 valence electrons. The SMILES string of the molecule is CC(C)(C)C(=O)OCC[NH+]1CCOCC1. The maximum absolute atomic E-state index is 11.5. The molecule has 1 saturated heterocycles. The summed E-state index contributed by atoms with van der Waals surface area (Å²) in [5, 5.41) is 0. The molecule has 0 radical (unpaired) electrons. The van der Waals surface area contributed by atoms with Gasteiger partial charge in [-0.05, 0) is 20.8 Å². The van der Waals surface area contributed by atoms with Crippen molar-refractivity contribution in [2.75, 3.05) is 39.5 Å². The van der Waals surface area contributed by atoms with E-state index in [0.29, 0.717) is 6.61 Å². The molecule has 0 bridgehead atoms. The lowest BCUT2D eigenvalue weighted by atomic mass is 9.97. The van der Waals surface area contributed by atoms with Gasteiger partial charge in [0.25, 0.3) is 0 Å². The smallest absolute Gasteiger partial charge is 0.311 e. The van der Waals surface area contributed by atoms with Gasteiger partial charge in [-0.2, -0.15) is 0 Å². The van der Waals surface area contributed by atoms with Gasteiger partial charge in [0.05, 0.1) is 18.6 Å². The summed E-state index contributed by atoms with van der Waals surface area (Å²) in [4.78, 5) is 12.9. The average molecular weight is 216 g/mol. The van der Waals surface area contributed by atoms with Crippen molar-refractivity contribution in [3.8, 4) is 0 Å². The Hall–Kier alpha value is -0.610. The quantitative estimate of drug-likeness (QED) is 0.646. The summed E-state index contributed by atoms with van der Waals surface area (Å²) in [5.74, 6) is -0.116. The van der Waals surface area contributed by atoms with Gasteiger partial charge in [-0.15, -0.1) is 0 Å². The molecule has 4 heteroatoms. The van der Waals surface area contributed by atoms with Crippen LogP contribution in [0.4, 0.5) is 0 Å². The van der Waals surface area contributed by atoms with E-state index in [1.165, 1.54) is 4.90 Å². The maximum atomic E-state index is 11.5. The highest BCUT2D eigenvalue weighted by atomic mass is 16.5. The first kappa shape index (κ1) is 12.5. The normalized spacial score (nSPS) is 18.9. The second kappa shape index (κ2) is 5.47. The first-order chi connectivity index (χ1) is 7.00. The van der Waals surface area contributed by atoms with E-state index in [1.54, 1.807) is 0 Å². The minimum absolute atomic E-state index is 0.116.